The van der Waals surface area contributed by atoms with Crippen LogP contribution >= 0.6 is 0 Å². The molecule has 1 saturated heterocycles. The number of benzene rings is 1. The molecule has 0 saturated carbocycles. The summed E-state index contributed by atoms with van der Waals surface area (Å²) in [7, 11) is 0. The average molecular weight is 380 g/mol. The van der Waals surface area contributed by atoms with Gasteiger partial charge in [-0.15, -0.1) is 9.89 Å². The SMILES string of the molecule is CC1OCCC1c1cn(N2C=NC3c4ccccc4-n4c(cnc4F)N32)nn1. The van der Waals surface area contributed by atoms with E-state index in [1.165, 1.54) is 10.8 Å². The van der Waals surface area contributed by atoms with Crippen LogP contribution in [0.25, 0.3) is 5.69 Å². The lowest BCUT2D eigenvalue weighted by molar-refractivity contribution is 0.118. The van der Waals surface area contributed by atoms with Crippen molar-refractivity contribution >= 4 is 12.2 Å². The van der Waals surface area contributed by atoms with E-state index in [4.69, 9.17) is 4.74 Å². The number of fused-ring (bicyclic) bond motifs is 6. The summed E-state index contributed by atoms with van der Waals surface area (Å²) in [6.45, 7) is 2.78. The molecule has 3 unspecified atom stereocenters. The number of halogens is 1. The van der Waals surface area contributed by atoms with Gasteiger partial charge in [0.15, 0.2) is 12.0 Å². The quantitative estimate of drug-likeness (QED) is 0.676. The molecular weight excluding hydrogens is 363 g/mol. The van der Waals surface area contributed by atoms with Crippen molar-refractivity contribution in [1.29, 1.82) is 0 Å². The lowest BCUT2D eigenvalue weighted by Gasteiger charge is -2.36. The summed E-state index contributed by atoms with van der Waals surface area (Å²) < 4.78 is 21.6. The normalized spacial score (nSPS) is 25.1. The minimum Gasteiger partial charge on any atom is -0.378 e. The van der Waals surface area contributed by atoms with Gasteiger partial charge in [0, 0.05) is 18.1 Å². The molecule has 0 N–H and O–H groups in total. The Balaban J connectivity index is 1.42. The van der Waals surface area contributed by atoms with Gasteiger partial charge in [-0.1, -0.05) is 18.2 Å². The third-order valence-electron chi connectivity index (χ3n) is 5.62. The Bertz CT molecular complexity index is 1090. The molecule has 3 aromatic rings. The van der Waals surface area contributed by atoms with Crippen LogP contribution in [0.5, 0.6) is 0 Å². The summed E-state index contributed by atoms with van der Waals surface area (Å²) in [4.78, 5) is 10.1. The Morgan fingerprint density at radius 2 is 2.14 bits per heavy atom. The Hall–Kier alpha value is -3.27. The predicted molar refractivity (Wildman–Crippen MR) is 98.2 cm³/mol. The Labute approximate surface area is 159 Å². The molecule has 142 valence electrons. The molecule has 5 heterocycles. The predicted octanol–water partition coefficient (Wildman–Crippen LogP) is 1.91. The molecule has 3 atom stereocenters. The highest BCUT2D eigenvalue weighted by Gasteiger charge is 2.40. The minimum atomic E-state index is -0.566. The summed E-state index contributed by atoms with van der Waals surface area (Å²) in [6, 6.07) is 7.61. The topological polar surface area (TPSA) is 76.6 Å². The number of hydrogen-bond acceptors (Lipinski definition) is 7. The molecular formula is C18H17FN8O. The maximum absolute atomic E-state index is 14.5. The summed E-state index contributed by atoms with van der Waals surface area (Å²) in [5.74, 6) is 0.794. The third-order valence-corrected chi connectivity index (χ3v) is 5.62. The number of para-hydroxylation sites is 1. The first-order chi connectivity index (χ1) is 13.7. The van der Waals surface area contributed by atoms with Crippen LogP contribution in [-0.4, -0.2) is 43.7 Å². The number of nitrogens with zero attached hydrogens (tertiary/aromatic N) is 8. The van der Waals surface area contributed by atoms with E-state index >= 15 is 0 Å². The van der Waals surface area contributed by atoms with Gasteiger partial charge in [-0.25, -0.2) is 15.0 Å². The van der Waals surface area contributed by atoms with Crippen molar-refractivity contribution < 1.29 is 9.13 Å². The summed E-state index contributed by atoms with van der Waals surface area (Å²) in [6.07, 6.45) is 5.21. The number of rotatable bonds is 2. The highest BCUT2D eigenvalue weighted by Crippen LogP contribution is 2.41. The maximum Gasteiger partial charge on any atom is 0.295 e. The van der Waals surface area contributed by atoms with Crippen molar-refractivity contribution in [3.8, 4) is 5.69 Å². The van der Waals surface area contributed by atoms with Crippen molar-refractivity contribution in [2.75, 3.05) is 16.7 Å². The van der Waals surface area contributed by atoms with E-state index in [2.05, 4.69) is 20.3 Å². The molecule has 10 heteroatoms. The first kappa shape index (κ1) is 15.8. The van der Waals surface area contributed by atoms with Crippen LogP contribution in [0.2, 0.25) is 0 Å². The van der Waals surface area contributed by atoms with Crippen LogP contribution in [0.3, 0.4) is 0 Å². The van der Waals surface area contributed by atoms with E-state index in [1.54, 1.807) is 16.2 Å². The van der Waals surface area contributed by atoms with E-state index < -0.39 is 6.08 Å². The van der Waals surface area contributed by atoms with E-state index in [0.717, 1.165) is 30.0 Å². The van der Waals surface area contributed by atoms with Crippen LogP contribution in [-0.2, 0) is 4.74 Å². The minimum absolute atomic E-state index is 0.113. The molecule has 0 amide bonds. The van der Waals surface area contributed by atoms with Crippen molar-refractivity contribution in [2.45, 2.75) is 31.5 Å². The van der Waals surface area contributed by atoms with E-state index in [1.807, 2.05) is 42.4 Å². The molecule has 0 aliphatic carbocycles. The van der Waals surface area contributed by atoms with Crippen LogP contribution in [0.4, 0.5) is 10.2 Å². The van der Waals surface area contributed by atoms with E-state index in [9.17, 15) is 4.39 Å². The Kier molecular flexibility index (Phi) is 3.16. The van der Waals surface area contributed by atoms with Gasteiger partial charge in [0.1, 0.15) is 6.34 Å². The summed E-state index contributed by atoms with van der Waals surface area (Å²) in [5, 5.41) is 12.2. The zero-order chi connectivity index (χ0) is 18.8. The number of aliphatic imine (C=N–C) groups is 1. The van der Waals surface area contributed by atoms with Crippen molar-refractivity contribution in [3.63, 3.8) is 0 Å². The third kappa shape index (κ3) is 2.03. The molecule has 2 aromatic heterocycles. The second-order valence-corrected chi connectivity index (χ2v) is 7.12. The number of anilines is 1. The van der Waals surface area contributed by atoms with Crippen molar-refractivity contribution in [1.82, 2.24) is 24.7 Å². The molecule has 6 rings (SSSR count). The number of ether oxygens (including phenoxy) is 1. The number of hydrogen-bond donors (Lipinski definition) is 0. The van der Waals surface area contributed by atoms with Crippen LogP contribution in [0, 0.1) is 6.08 Å². The fourth-order valence-corrected chi connectivity index (χ4v) is 4.22. The standard InChI is InChI=1S/C18H17FN8O/c1-11-12(6-7-28-11)14-9-24(23-22-14)25-10-21-17-13-4-2-3-5-15(13)26-16(27(17)25)8-20-18(26)19/h2-5,8-12,17H,6-7H2,1H3. The van der Waals surface area contributed by atoms with Gasteiger partial charge >= 0.3 is 0 Å². The molecule has 3 aliphatic heterocycles. The van der Waals surface area contributed by atoms with Crippen LogP contribution < -0.4 is 10.1 Å². The van der Waals surface area contributed by atoms with Crippen LogP contribution in [0.1, 0.15) is 36.7 Å². The molecule has 9 nitrogen and oxygen atoms in total. The van der Waals surface area contributed by atoms with Gasteiger partial charge in [-0.2, -0.15) is 9.51 Å². The first-order valence-corrected chi connectivity index (χ1v) is 9.21. The van der Waals surface area contributed by atoms with Crippen molar-refractivity contribution in [2.24, 2.45) is 4.99 Å². The monoisotopic (exact) mass is 380 g/mol. The molecule has 0 spiro atoms. The molecule has 28 heavy (non-hydrogen) atoms. The van der Waals surface area contributed by atoms with E-state index in [-0.39, 0.29) is 18.2 Å². The highest BCUT2D eigenvalue weighted by molar-refractivity contribution is 5.78. The lowest BCUT2D eigenvalue weighted by Crippen LogP contribution is -2.49. The molecule has 1 fully saturated rings. The maximum atomic E-state index is 14.5. The van der Waals surface area contributed by atoms with Gasteiger partial charge in [0.25, 0.3) is 6.08 Å². The molecule has 1 aromatic carbocycles. The molecule has 0 bridgehead atoms. The van der Waals surface area contributed by atoms with Gasteiger partial charge < -0.3 is 4.74 Å². The number of aromatic nitrogens is 5. The van der Waals surface area contributed by atoms with Crippen molar-refractivity contribution in [3.05, 3.63) is 54.0 Å². The highest BCUT2D eigenvalue weighted by atomic mass is 19.1. The second-order valence-electron chi connectivity index (χ2n) is 7.12. The molecule has 0 radical (unpaired) electrons. The van der Waals surface area contributed by atoms with Gasteiger partial charge in [-0.05, 0) is 24.6 Å². The number of hydrazine groups is 1. The Morgan fingerprint density at radius 3 is 3.00 bits per heavy atom. The average Bonchev–Trinajstić information content (AvgIpc) is 3.46. The zero-order valence-electron chi connectivity index (χ0n) is 15.1. The molecule has 3 aliphatic rings. The zero-order valence-corrected chi connectivity index (χ0v) is 15.1. The fourth-order valence-electron chi connectivity index (χ4n) is 4.22. The smallest absolute Gasteiger partial charge is 0.295 e. The first-order valence-electron chi connectivity index (χ1n) is 9.21. The second kappa shape index (κ2) is 5.61. The van der Waals surface area contributed by atoms with Gasteiger partial charge in [0.2, 0.25) is 0 Å². The number of imidazole rings is 1. The fraction of sp³-hybridized carbons (Fsp3) is 0.333. The van der Waals surface area contributed by atoms with Gasteiger partial charge in [-0.3, -0.25) is 4.57 Å². The van der Waals surface area contributed by atoms with Crippen LogP contribution in [0.15, 0.2) is 41.7 Å². The largest absolute Gasteiger partial charge is 0.378 e. The Morgan fingerprint density at radius 1 is 1.25 bits per heavy atom. The van der Waals surface area contributed by atoms with Gasteiger partial charge in [0.05, 0.1) is 29.9 Å². The lowest BCUT2D eigenvalue weighted by atomic mass is 10.00. The summed E-state index contributed by atoms with van der Waals surface area (Å²) in [5.41, 5.74) is 2.51. The summed E-state index contributed by atoms with van der Waals surface area (Å²) >= 11 is 0. The van der Waals surface area contributed by atoms with E-state index in [0.29, 0.717) is 5.82 Å².